The predicted molar refractivity (Wildman–Crippen MR) is 91.0 cm³/mol. The third-order valence-electron chi connectivity index (χ3n) is 3.44. The number of nitrogens with one attached hydrogen (secondary N) is 2. The highest BCUT2D eigenvalue weighted by Crippen LogP contribution is 2.39. The molecule has 1 amide bonds. The van der Waals surface area contributed by atoms with E-state index in [-0.39, 0.29) is 6.10 Å². The number of anilines is 1. The van der Waals surface area contributed by atoms with Crippen LogP contribution in [-0.4, -0.2) is 45.6 Å². The van der Waals surface area contributed by atoms with Gasteiger partial charge in [0, 0.05) is 13.1 Å². The molecule has 0 spiro atoms. The fraction of sp³-hybridized carbons (Fsp3) is 0.588. The molecule has 0 aliphatic carbocycles. The number of ether oxygens (including phenoxy) is 4. The number of rotatable bonds is 4. The molecule has 1 saturated heterocycles. The van der Waals surface area contributed by atoms with Crippen LogP contribution in [0.25, 0.3) is 0 Å². The van der Waals surface area contributed by atoms with E-state index >= 15 is 0 Å². The second-order valence-corrected chi connectivity index (χ2v) is 6.49. The van der Waals surface area contributed by atoms with Gasteiger partial charge in [-0.1, -0.05) is 0 Å². The highest BCUT2D eigenvalue weighted by Gasteiger charge is 2.23. The second kappa shape index (κ2) is 7.72. The standard InChI is InChI=1S/C17H26N2O5/c1-17(2,3)24-16(20)19-12-8-11(14-10-18-6-7-23-14)9-13(21-4)15(12)22-5/h8-9,14,18H,6-7,10H2,1-5H3,(H,19,20). The molecule has 0 saturated carbocycles. The SMILES string of the molecule is COc1cc(C2CNCCO2)cc(NC(=O)OC(C)(C)C)c1OC. The lowest BCUT2D eigenvalue weighted by molar-refractivity contribution is 0.0275. The summed E-state index contributed by atoms with van der Waals surface area (Å²) in [5.41, 5.74) is 0.788. The van der Waals surface area contributed by atoms with Crippen molar-refractivity contribution in [2.24, 2.45) is 0 Å². The topological polar surface area (TPSA) is 78.0 Å². The number of amides is 1. The van der Waals surface area contributed by atoms with E-state index in [0.717, 1.165) is 12.1 Å². The molecule has 1 aromatic rings. The van der Waals surface area contributed by atoms with Crippen LogP contribution in [0.1, 0.15) is 32.4 Å². The molecule has 0 bridgehead atoms. The van der Waals surface area contributed by atoms with Gasteiger partial charge in [-0.25, -0.2) is 4.79 Å². The summed E-state index contributed by atoms with van der Waals surface area (Å²) in [5.74, 6) is 0.964. The monoisotopic (exact) mass is 338 g/mol. The summed E-state index contributed by atoms with van der Waals surface area (Å²) in [6.07, 6.45) is -0.666. The van der Waals surface area contributed by atoms with E-state index in [1.807, 2.05) is 32.9 Å². The Labute approximate surface area is 142 Å². The van der Waals surface area contributed by atoms with Crippen molar-refractivity contribution >= 4 is 11.8 Å². The Bertz CT molecular complexity index is 577. The van der Waals surface area contributed by atoms with Gasteiger partial charge >= 0.3 is 6.09 Å². The summed E-state index contributed by atoms with van der Waals surface area (Å²) < 4.78 is 21.9. The van der Waals surface area contributed by atoms with Gasteiger partial charge < -0.3 is 24.3 Å². The molecule has 0 radical (unpaired) electrons. The Hall–Kier alpha value is -1.99. The summed E-state index contributed by atoms with van der Waals surface area (Å²) in [7, 11) is 3.08. The lowest BCUT2D eigenvalue weighted by Crippen LogP contribution is -2.33. The normalized spacial score (nSPS) is 18.0. The van der Waals surface area contributed by atoms with E-state index in [0.29, 0.717) is 30.3 Å². The van der Waals surface area contributed by atoms with Gasteiger partial charge in [-0.2, -0.15) is 0 Å². The Balaban J connectivity index is 2.31. The van der Waals surface area contributed by atoms with Gasteiger partial charge in [0.05, 0.1) is 32.6 Å². The summed E-state index contributed by atoms with van der Waals surface area (Å²) in [6.45, 7) is 7.58. The fourth-order valence-corrected chi connectivity index (χ4v) is 2.46. The number of hydrogen-bond donors (Lipinski definition) is 2. The minimum absolute atomic E-state index is 0.113. The molecule has 7 nitrogen and oxygen atoms in total. The Morgan fingerprint density at radius 3 is 2.58 bits per heavy atom. The van der Waals surface area contributed by atoms with Crippen LogP contribution in [0.15, 0.2) is 12.1 Å². The summed E-state index contributed by atoms with van der Waals surface area (Å²) in [6, 6.07) is 3.68. The Morgan fingerprint density at radius 2 is 2.04 bits per heavy atom. The summed E-state index contributed by atoms with van der Waals surface area (Å²) in [4.78, 5) is 12.1. The predicted octanol–water partition coefficient (Wildman–Crippen LogP) is 2.71. The highest BCUT2D eigenvalue weighted by molar-refractivity contribution is 5.88. The number of morpholine rings is 1. The van der Waals surface area contributed by atoms with Crippen molar-refractivity contribution in [1.29, 1.82) is 0 Å². The van der Waals surface area contributed by atoms with Crippen molar-refractivity contribution in [3.05, 3.63) is 17.7 Å². The third-order valence-corrected chi connectivity index (χ3v) is 3.44. The molecular weight excluding hydrogens is 312 g/mol. The average Bonchev–Trinajstić information content (AvgIpc) is 2.53. The van der Waals surface area contributed by atoms with Crippen LogP contribution in [0.5, 0.6) is 11.5 Å². The lowest BCUT2D eigenvalue weighted by atomic mass is 10.1. The maximum atomic E-state index is 12.1. The molecule has 7 heteroatoms. The van der Waals surface area contributed by atoms with Crippen LogP contribution in [0, 0.1) is 0 Å². The number of methoxy groups -OCH3 is 2. The van der Waals surface area contributed by atoms with Gasteiger partial charge in [-0.15, -0.1) is 0 Å². The molecule has 1 fully saturated rings. The summed E-state index contributed by atoms with van der Waals surface area (Å²) >= 11 is 0. The molecule has 1 aliphatic heterocycles. The fourth-order valence-electron chi connectivity index (χ4n) is 2.46. The minimum atomic E-state index is -0.588. The molecule has 2 N–H and O–H groups in total. The Morgan fingerprint density at radius 1 is 1.29 bits per heavy atom. The molecule has 1 heterocycles. The molecule has 24 heavy (non-hydrogen) atoms. The average molecular weight is 338 g/mol. The molecule has 2 rings (SSSR count). The lowest BCUT2D eigenvalue weighted by Gasteiger charge is -2.26. The van der Waals surface area contributed by atoms with E-state index in [1.165, 1.54) is 7.11 Å². The molecule has 1 atom stereocenters. The first-order chi connectivity index (χ1) is 11.3. The quantitative estimate of drug-likeness (QED) is 0.879. The van der Waals surface area contributed by atoms with Crippen molar-refractivity contribution in [3.63, 3.8) is 0 Å². The zero-order valence-corrected chi connectivity index (χ0v) is 14.9. The molecule has 1 aromatic carbocycles. The van der Waals surface area contributed by atoms with E-state index in [9.17, 15) is 4.79 Å². The number of hydrogen-bond acceptors (Lipinski definition) is 6. The van der Waals surface area contributed by atoms with Crippen molar-refractivity contribution in [3.8, 4) is 11.5 Å². The molecule has 1 aliphatic rings. The van der Waals surface area contributed by atoms with Gasteiger partial charge in [0.25, 0.3) is 0 Å². The van der Waals surface area contributed by atoms with Crippen LogP contribution in [0.3, 0.4) is 0 Å². The first kappa shape index (κ1) is 18.4. The van der Waals surface area contributed by atoms with E-state index in [2.05, 4.69) is 10.6 Å². The van der Waals surface area contributed by atoms with Crippen LogP contribution >= 0.6 is 0 Å². The zero-order chi connectivity index (χ0) is 17.7. The maximum Gasteiger partial charge on any atom is 0.412 e. The minimum Gasteiger partial charge on any atom is -0.493 e. The maximum absolute atomic E-state index is 12.1. The third kappa shape index (κ3) is 4.75. The smallest absolute Gasteiger partial charge is 0.412 e. The van der Waals surface area contributed by atoms with Crippen LogP contribution < -0.4 is 20.1 Å². The van der Waals surface area contributed by atoms with E-state index in [4.69, 9.17) is 18.9 Å². The van der Waals surface area contributed by atoms with Crippen molar-refractivity contribution < 1.29 is 23.7 Å². The molecular formula is C17H26N2O5. The van der Waals surface area contributed by atoms with Crippen molar-refractivity contribution in [2.75, 3.05) is 39.2 Å². The Kier molecular flexibility index (Phi) is 5.90. The first-order valence-electron chi connectivity index (χ1n) is 7.92. The van der Waals surface area contributed by atoms with Crippen molar-refractivity contribution in [1.82, 2.24) is 5.32 Å². The first-order valence-corrected chi connectivity index (χ1v) is 7.92. The number of benzene rings is 1. The van der Waals surface area contributed by atoms with E-state index in [1.54, 1.807) is 7.11 Å². The van der Waals surface area contributed by atoms with Gasteiger partial charge in [-0.3, -0.25) is 5.32 Å². The van der Waals surface area contributed by atoms with E-state index < -0.39 is 11.7 Å². The van der Waals surface area contributed by atoms with Crippen LogP contribution in [0.4, 0.5) is 10.5 Å². The van der Waals surface area contributed by atoms with Gasteiger partial charge in [-0.05, 0) is 38.5 Å². The van der Waals surface area contributed by atoms with Crippen molar-refractivity contribution in [2.45, 2.75) is 32.5 Å². The molecule has 1 unspecified atom stereocenters. The van der Waals surface area contributed by atoms with Gasteiger partial charge in [0.1, 0.15) is 5.60 Å². The van der Waals surface area contributed by atoms with Gasteiger partial charge in [0.15, 0.2) is 11.5 Å². The zero-order valence-electron chi connectivity index (χ0n) is 14.9. The molecule has 134 valence electrons. The largest absolute Gasteiger partial charge is 0.493 e. The molecule has 0 aromatic heterocycles. The van der Waals surface area contributed by atoms with Crippen LogP contribution in [-0.2, 0) is 9.47 Å². The number of carbonyl (C=O) groups is 1. The van der Waals surface area contributed by atoms with Crippen LogP contribution in [0.2, 0.25) is 0 Å². The van der Waals surface area contributed by atoms with Gasteiger partial charge in [0.2, 0.25) is 0 Å². The second-order valence-electron chi connectivity index (χ2n) is 6.49. The number of carbonyl (C=O) groups excluding carboxylic acids is 1. The summed E-state index contributed by atoms with van der Waals surface area (Å²) in [5, 5.41) is 6.01. The highest BCUT2D eigenvalue weighted by atomic mass is 16.6.